The number of ketones is 1. The molecule has 0 fully saturated rings. The predicted octanol–water partition coefficient (Wildman–Crippen LogP) is 4.06. The quantitative estimate of drug-likeness (QED) is 0.452. The molecule has 0 aliphatic heterocycles. The van der Waals surface area contributed by atoms with E-state index in [2.05, 4.69) is 0 Å². The Morgan fingerprint density at radius 3 is 1.67 bits per heavy atom. The van der Waals surface area contributed by atoms with Gasteiger partial charge in [-0.15, -0.1) is 0 Å². The van der Waals surface area contributed by atoms with Crippen LogP contribution in [0.5, 0.6) is 0 Å². The van der Waals surface area contributed by atoms with Gasteiger partial charge in [0.1, 0.15) is 0 Å². The van der Waals surface area contributed by atoms with Gasteiger partial charge in [-0.25, -0.2) is 0 Å². The van der Waals surface area contributed by atoms with Gasteiger partial charge < -0.3 is 0 Å². The number of hydrogen-bond acceptors (Lipinski definition) is 3. The van der Waals surface area contributed by atoms with E-state index >= 15 is 0 Å². The standard InChI is InChI=1S/C12H15NO3.C2H6/c1-6-7(2)9(4)12(13(15)16)11(8(6)3)10(5)14;1-2/h1-5H3;1-2H3. The molecule has 4 nitrogen and oxygen atoms in total. The summed E-state index contributed by atoms with van der Waals surface area (Å²) in [5, 5.41) is 11.0. The molecule has 0 aromatic heterocycles. The van der Waals surface area contributed by atoms with E-state index in [9.17, 15) is 14.9 Å². The van der Waals surface area contributed by atoms with E-state index < -0.39 is 4.92 Å². The van der Waals surface area contributed by atoms with Gasteiger partial charge in [0.2, 0.25) is 0 Å². The summed E-state index contributed by atoms with van der Waals surface area (Å²) in [6.45, 7) is 12.5. The second kappa shape index (κ2) is 6.28. The van der Waals surface area contributed by atoms with Crippen LogP contribution in [0.1, 0.15) is 53.4 Å². The highest BCUT2D eigenvalue weighted by Gasteiger charge is 2.26. The average molecular weight is 251 g/mol. The lowest BCUT2D eigenvalue weighted by Crippen LogP contribution is -2.08. The molecule has 0 saturated heterocycles. The fraction of sp³-hybridized carbons (Fsp3) is 0.500. The van der Waals surface area contributed by atoms with Crippen LogP contribution in [0.3, 0.4) is 0 Å². The van der Waals surface area contributed by atoms with Crippen molar-refractivity contribution in [2.75, 3.05) is 0 Å². The topological polar surface area (TPSA) is 60.2 Å². The van der Waals surface area contributed by atoms with Gasteiger partial charge in [0, 0.05) is 5.56 Å². The highest BCUT2D eigenvalue weighted by atomic mass is 16.6. The third-order valence-electron chi connectivity index (χ3n) is 3.19. The molecule has 0 aliphatic rings. The summed E-state index contributed by atoms with van der Waals surface area (Å²) in [5.74, 6) is -0.254. The van der Waals surface area contributed by atoms with Crippen LogP contribution in [0.25, 0.3) is 0 Å². The fourth-order valence-corrected chi connectivity index (χ4v) is 1.95. The molecule has 18 heavy (non-hydrogen) atoms. The molecule has 0 amide bonds. The van der Waals surface area contributed by atoms with Crippen LogP contribution in [0.2, 0.25) is 0 Å². The number of rotatable bonds is 2. The third kappa shape index (κ3) is 2.75. The molecule has 1 aromatic rings. The molecule has 4 heteroatoms. The lowest BCUT2D eigenvalue weighted by Gasteiger charge is -2.13. The molecule has 0 bridgehead atoms. The Morgan fingerprint density at radius 1 is 0.944 bits per heavy atom. The maximum Gasteiger partial charge on any atom is 0.283 e. The van der Waals surface area contributed by atoms with Crippen LogP contribution in [0.4, 0.5) is 5.69 Å². The molecule has 0 heterocycles. The van der Waals surface area contributed by atoms with Crippen LogP contribution in [0, 0.1) is 37.8 Å². The number of nitro benzene ring substituents is 1. The van der Waals surface area contributed by atoms with Gasteiger partial charge in [0.15, 0.2) is 5.78 Å². The number of carbonyl (C=O) groups excluding carboxylic acids is 1. The average Bonchev–Trinajstić information content (AvgIpc) is 2.32. The molecular weight excluding hydrogens is 230 g/mol. The summed E-state index contributed by atoms with van der Waals surface area (Å²) in [5.41, 5.74) is 3.32. The Kier molecular flexibility index (Phi) is 5.69. The van der Waals surface area contributed by atoms with Crippen molar-refractivity contribution in [3.8, 4) is 0 Å². The number of nitrogens with zero attached hydrogens (tertiary/aromatic N) is 1. The van der Waals surface area contributed by atoms with Crippen LogP contribution < -0.4 is 0 Å². The van der Waals surface area contributed by atoms with Crippen molar-refractivity contribution in [3.63, 3.8) is 0 Å². The molecule has 0 unspecified atom stereocenters. The van der Waals surface area contributed by atoms with Crippen LogP contribution in [-0.4, -0.2) is 10.7 Å². The van der Waals surface area contributed by atoms with Gasteiger partial charge in [-0.2, -0.15) is 0 Å². The van der Waals surface area contributed by atoms with E-state index in [0.29, 0.717) is 11.1 Å². The Morgan fingerprint density at radius 2 is 1.33 bits per heavy atom. The van der Waals surface area contributed by atoms with Crippen molar-refractivity contribution in [2.24, 2.45) is 0 Å². The van der Waals surface area contributed by atoms with Crippen LogP contribution in [-0.2, 0) is 0 Å². The van der Waals surface area contributed by atoms with Crippen molar-refractivity contribution in [1.29, 1.82) is 0 Å². The first kappa shape index (κ1) is 16.3. The van der Waals surface area contributed by atoms with Gasteiger partial charge in [-0.3, -0.25) is 14.9 Å². The van der Waals surface area contributed by atoms with Gasteiger partial charge in [0.05, 0.1) is 10.5 Å². The number of Topliss-reactive ketones (excluding diaryl/α,β-unsaturated/α-hetero) is 1. The van der Waals surface area contributed by atoms with Crippen molar-refractivity contribution < 1.29 is 9.72 Å². The molecule has 0 N–H and O–H groups in total. The number of hydrogen-bond donors (Lipinski definition) is 0. The summed E-state index contributed by atoms with van der Waals surface area (Å²) in [6, 6.07) is 0. The molecule has 1 rings (SSSR count). The van der Waals surface area contributed by atoms with Crippen molar-refractivity contribution >= 4 is 11.5 Å². The van der Waals surface area contributed by atoms with Gasteiger partial charge in [-0.05, 0) is 51.3 Å². The smallest absolute Gasteiger partial charge is 0.283 e. The zero-order chi connectivity index (χ0) is 14.6. The summed E-state index contributed by atoms with van der Waals surface area (Å²) < 4.78 is 0. The van der Waals surface area contributed by atoms with Crippen molar-refractivity contribution in [3.05, 3.63) is 37.9 Å². The molecule has 0 radical (unpaired) electrons. The van der Waals surface area contributed by atoms with E-state index in [-0.39, 0.29) is 17.0 Å². The van der Waals surface area contributed by atoms with E-state index in [1.54, 1.807) is 13.8 Å². The fourth-order valence-electron chi connectivity index (χ4n) is 1.95. The summed E-state index contributed by atoms with van der Waals surface area (Å²) in [4.78, 5) is 22.1. The Balaban J connectivity index is 0.00000137. The molecular formula is C14H21NO3. The molecule has 0 spiro atoms. The lowest BCUT2D eigenvalue weighted by molar-refractivity contribution is -0.385. The lowest BCUT2D eigenvalue weighted by atomic mass is 9.91. The third-order valence-corrected chi connectivity index (χ3v) is 3.19. The summed E-state index contributed by atoms with van der Waals surface area (Å²) in [7, 11) is 0. The molecule has 0 aliphatic carbocycles. The van der Waals surface area contributed by atoms with E-state index in [0.717, 1.165) is 11.1 Å². The minimum Gasteiger partial charge on any atom is -0.294 e. The normalized spacial score (nSPS) is 9.50. The van der Waals surface area contributed by atoms with Crippen LogP contribution >= 0.6 is 0 Å². The monoisotopic (exact) mass is 251 g/mol. The first-order chi connectivity index (χ1) is 8.29. The second-order valence-corrected chi connectivity index (χ2v) is 4.04. The SMILES string of the molecule is CC.CC(=O)c1c(C)c(C)c(C)c(C)c1[N+](=O)[O-]. The van der Waals surface area contributed by atoms with Gasteiger partial charge in [-0.1, -0.05) is 13.8 Å². The highest BCUT2D eigenvalue weighted by molar-refractivity contribution is 6.00. The van der Waals surface area contributed by atoms with Crippen molar-refractivity contribution in [1.82, 2.24) is 0 Å². The first-order valence-corrected chi connectivity index (χ1v) is 6.04. The van der Waals surface area contributed by atoms with E-state index in [4.69, 9.17) is 0 Å². The molecule has 100 valence electrons. The highest BCUT2D eigenvalue weighted by Crippen LogP contribution is 2.32. The van der Waals surface area contributed by atoms with Gasteiger partial charge >= 0.3 is 0 Å². The number of nitro groups is 1. The minimum absolute atomic E-state index is 0.0481. The zero-order valence-corrected chi connectivity index (χ0v) is 12.2. The van der Waals surface area contributed by atoms with E-state index in [1.165, 1.54) is 6.92 Å². The summed E-state index contributed by atoms with van der Waals surface area (Å²) >= 11 is 0. The van der Waals surface area contributed by atoms with Crippen LogP contribution in [0.15, 0.2) is 0 Å². The molecule has 1 aromatic carbocycles. The maximum atomic E-state index is 11.5. The Bertz CT molecular complexity index is 446. The Hall–Kier alpha value is -1.71. The molecule has 0 saturated carbocycles. The van der Waals surface area contributed by atoms with E-state index in [1.807, 2.05) is 27.7 Å². The van der Waals surface area contributed by atoms with Crippen molar-refractivity contribution in [2.45, 2.75) is 48.5 Å². The second-order valence-electron chi connectivity index (χ2n) is 4.04. The van der Waals surface area contributed by atoms with Gasteiger partial charge in [0.25, 0.3) is 5.69 Å². The predicted molar refractivity (Wildman–Crippen MR) is 73.4 cm³/mol. The maximum absolute atomic E-state index is 11.5. The Labute approximate surface area is 108 Å². The largest absolute Gasteiger partial charge is 0.294 e. The number of carbonyl (C=O) groups is 1. The first-order valence-electron chi connectivity index (χ1n) is 6.04. The number of benzene rings is 1. The minimum atomic E-state index is -0.467. The zero-order valence-electron chi connectivity index (χ0n) is 12.2. The summed E-state index contributed by atoms with van der Waals surface area (Å²) in [6.07, 6.45) is 0. The molecule has 0 atom stereocenters.